The molecule has 1 spiro atoms. The maximum atomic E-state index is 12.4. The molecular weight excluding hydrogens is 214 g/mol. The van der Waals surface area contributed by atoms with Crippen LogP contribution in [0.15, 0.2) is 0 Å². The number of nitrogens with zero attached hydrogens (tertiary/aromatic N) is 1. The lowest BCUT2D eigenvalue weighted by Gasteiger charge is -2.43. The van der Waals surface area contributed by atoms with Crippen LogP contribution < -0.4 is 0 Å². The number of hydrogen-bond acceptors (Lipinski definition) is 2. The van der Waals surface area contributed by atoms with Crippen LogP contribution in [-0.2, 0) is 9.59 Å². The SMILES string of the molecule is CCC(=O)C1CCCC2(CC2)N1C(=O)C(C)C. The second kappa shape index (κ2) is 4.43. The van der Waals surface area contributed by atoms with E-state index in [1.807, 2.05) is 25.7 Å². The minimum Gasteiger partial charge on any atom is -0.327 e. The van der Waals surface area contributed by atoms with E-state index in [9.17, 15) is 9.59 Å². The molecule has 3 nitrogen and oxygen atoms in total. The van der Waals surface area contributed by atoms with Crippen LogP contribution >= 0.6 is 0 Å². The summed E-state index contributed by atoms with van der Waals surface area (Å²) in [6, 6.07) is -0.133. The third-order valence-corrected chi connectivity index (χ3v) is 4.22. The maximum absolute atomic E-state index is 12.4. The predicted molar refractivity (Wildman–Crippen MR) is 66.6 cm³/mol. The van der Waals surface area contributed by atoms with Gasteiger partial charge in [0.2, 0.25) is 5.91 Å². The van der Waals surface area contributed by atoms with E-state index in [0.29, 0.717) is 6.42 Å². The van der Waals surface area contributed by atoms with Crippen LogP contribution in [0, 0.1) is 5.92 Å². The van der Waals surface area contributed by atoms with E-state index in [2.05, 4.69) is 0 Å². The number of amides is 1. The molecule has 0 bridgehead atoms. The minimum atomic E-state index is -0.133. The summed E-state index contributed by atoms with van der Waals surface area (Å²) in [5.41, 5.74) is 0.0646. The highest BCUT2D eigenvalue weighted by atomic mass is 16.2. The molecule has 0 radical (unpaired) electrons. The first-order chi connectivity index (χ1) is 8.02. The van der Waals surface area contributed by atoms with Crippen LogP contribution in [0.4, 0.5) is 0 Å². The Morgan fingerprint density at radius 1 is 1.29 bits per heavy atom. The van der Waals surface area contributed by atoms with E-state index in [0.717, 1.165) is 32.1 Å². The molecule has 1 heterocycles. The highest BCUT2D eigenvalue weighted by Gasteiger charge is 2.55. The molecule has 1 unspecified atom stereocenters. The molecule has 0 aromatic carbocycles. The number of piperidine rings is 1. The third-order valence-electron chi connectivity index (χ3n) is 4.22. The summed E-state index contributed by atoms with van der Waals surface area (Å²) < 4.78 is 0. The number of likely N-dealkylation sites (tertiary alicyclic amines) is 1. The minimum absolute atomic E-state index is 0.00210. The monoisotopic (exact) mass is 237 g/mol. The van der Waals surface area contributed by atoms with Crippen molar-refractivity contribution in [2.75, 3.05) is 0 Å². The van der Waals surface area contributed by atoms with E-state index in [-0.39, 0.29) is 29.2 Å². The van der Waals surface area contributed by atoms with Gasteiger partial charge in [-0.15, -0.1) is 0 Å². The zero-order chi connectivity index (χ0) is 12.6. The standard InChI is InChI=1S/C14H23NO2/c1-4-12(16)11-6-5-7-14(8-9-14)15(11)13(17)10(2)3/h10-11H,4-9H2,1-3H3. The van der Waals surface area contributed by atoms with E-state index < -0.39 is 0 Å². The number of ketones is 1. The molecule has 96 valence electrons. The van der Waals surface area contributed by atoms with Gasteiger partial charge in [-0.2, -0.15) is 0 Å². The molecule has 1 atom stereocenters. The summed E-state index contributed by atoms with van der Waals surface area (Å²) in [7, 11) is 0. The lowest BCUT2D eigenvalue weighted by Crippen LogP contribution is -2.56. The molecule has 2 fully saturated rings. The molecule has 1 saturated heterocycles. The van der Waals surface area contributed by atoms with E-state index in [1.165, 1.54) is 0 Å². The molecule has 1 saturated carbocycles. The Morgan fingerprint density at radius 2 is 1.94 bits per heavy atom. The Hall–Kier alpha value is -0.860. The summed E-state index contributed by atoms with van der Waals surface area (Å²) in [6.07, 6.45) is 5.80. The van der Waals surface area contributed by atoms with Gasteiger partial charge in [0.1, 0.15) is 0 Å². The summed E-state index contributed by atoms with van der Waals surface area (Å²) >= 11 is 0. The third kappa shape index (κ3) is 2.12. The maximum Gasteiger partial charge on any atom is 0.226 e. The summed E-state index contributed by atoms with van der Waals surface area (Å²) in [4.78, 5) is 26.3. The van der Waals surface area contributed by atoms with Crippen molar-refractivity contribution in [3.63, 3.8) is 0 Å². The largest absolute Gasteiger partial charge is 0.327 e. The first-order valence-electron chi connectivity index (χ1n) is 6.88. The number of rotatable bonds is 3. The summed E-state index contributed by atoms with van der Waals surface area (Å²) in [5.74, 6) is 0.414. The lowest BCUT2D eigenvalue weighted by molar-refractivity contribution is -0.148. The molecule has 1 amide bonds. The zero-order valence-electron chi connectivity index (χ0n) is 11.2. The van der Waals surface area contributed by atoms with Gasteiger partial charge in [0, 0.05) is 17.9 Å². The molecule has 1 aliphatic carbocycles. The summed E-state index contributed by atoms with van der Waals surface area (Å²) in [6.45, 7) is 5.76. The van der Waals surface area contributed by atoms with Crippen LogP contribution in [0.5, 0.6) is 0 Å². The Balaban J connectivity index is 2.24. The highest BCUT2D eigenvalue weighted by molar-refractivity contribution is 5.90. The quantitative estimate of drug-likeness (QED) is 0.756. The number of hydrogen-bond donors (Lipinski definition) is 0. The molecular formula is C14H23NO2. The fourth-order valence-corrected chi connectivity index (χ4v) is 3.05. The van der Waals surface area contributed by atoms with Crippen molar-refractivity contribution in [3.05, 3.63) is 0 Å². The van der Waals surface area contributed by atoms with Crippen LogP contribution in [0.25, 0.3) is 0 Å². The number of carbonyl (C=O) groups excluding carboxylic acids is 2. The van der Waals surface area contributed by atoms with Crippen molar-refractivity contribution in [1.29, 1.82) is 0 Å². The lowest BCUT2D eigenvalue weighted by atomic mass is 9.89. The molecule has 0 N–H and O–H groups in total. The molecule has 0 aromatic rings. The van der Waals surface area contributed by atoms with Gasteiger partial charge >= 0.3 is 0 Å². The van der Waals surface area contributed by atoms with Crippen molar-refractivity contribution in [3.8, 4) is 0 Å². The Bertz CT molecular complexity index is 331. The van der Waals surface area contributed by atoms with Gasteiger partial charge in [0.05, 0.1) is 6.04 Å². The van der Waals surface area contributed by atoms with E-state index >= 15 is 0 Å². The van der Waals surface area contributed by atoms with E-state index in [1.54, 1.807) is 0 Å². The summed E-state index contributed by atoms with van der Waals surface area (Å²) in [5, 5.41) is 0. The van der Waals surface area contributed by atoms with Crippen molar-refractivity contribution in [1.82, 2.24) is 4.90 Å². The number of Topliss-reactive ketones (excluding diaryl/α,β-unsaturated/α-hetero) is 1. The Kier molecular flexibility index (Phi) is 3.28. The van der Waals surface area contributed by atoms with Crippen molar-refractivity contribution in [2.24, 2.45) is 5.92 Å². The van der Waals surface area contributed by atoms with Gasteiger partial charge in [-0.05, 0) is 32.1 Å². The van der Waals surface area contributed by atoms with Crippen LogP contribution in [-0.4, -0.2) is 28.2 Å². The molecule has 2 rings (SSSR count). The van der Waals surface area contributed by atoms with Gasteiger partial charge < -0.3 is 4.90 Å². The van der Waals surface area contributed by atoms with Gasteiger partial charge in [-0.3, -0.25) is 9.59 Å². The molecule has 0 aromatic heterocycles. The fourth-order valence-electron chi connectivity index (χ4n) is 3.05. The molecule has 17 heavy (non-hydrogen) atoms. The normalized spacial score (nSPS) is 26.4. The highest BCUT2D eigenvalue weighted by Crippen LogP contribution is 2.50. The Morgan fingerprint density at radius 3 is 2.41 bits per heavy atom. The average molecular weight is 237 g/mol. The average Bonchev–Trinajstić information content (AvgIpc) is 3.07. The number of carbonyl (C=O) groups is 2. The second-order valence-corrected chi connectivity index (χ2v) is 5.82. The Labute approximate surface area is 104 Å². The van der Waals surface area contributed by atoms with Crippen LogP contribution in [0.2, 0.25) is 0 Å². The topological polar surface area (TPSA) is 37.4 Å². The van der Waals surface area contributed by atoms with Crippen molar-refractivity contribution in [2.45, 2.75) is 70.9 Å². The van der Waals surface area contributed by atoms with Gasteiger partial charge in [-0.25, -0.2) is 0 Å². The predicted octanol–water partition coefficient (Wildman–Crippen LogP) is 2.54. The smallest absolute Gasteiger partial charge is 0.226 e. The fraction of sp³-hybridized carbons (Fsp3) is 0.857. The second-order valence-electron chi connectivity index (χ2n) is 5.82. The van der Waals surface area contributed by atoms with Crippen molar-refractivity contribution < 1.29 is 9.59 Å². The molecule has 3 heteroatoms. The molecule has 1 aliphatic heterocycles. The van der Waals surface area contributed by atoms with Gasteiger partial charge in [0.25, 0.3) is 0 Å². The first-order valence-corrected chi connectivity index (χ1v) is 6.88. The van der Waals surface area contributed by atoms with Crippen LogP contribution in [0.3, 0.4) is 0 Å². The van der Waals surface area contributed by atoms with E-state index in [4.69, 9.17) is 0 Å². The van der Waals surface area contributed by atoms with Crippen LogP contribution in [0.1, 0.15) is 59.3 Å². The van der Waals surface area contributed by atoms with Crippen molar-refractivity contribution >= 4 is 11.7 Å². The first kappa shape index (κ1) is 12.6. The molecule has 2 aliphatic rings. The van der Waals surface area contributed by atoms with Gasteiger partial charge in [-0.1, -0.05) is 20.8 Å². The zero-order valence-corrected chi connectivity index (χ0v) is 11.2. The van der Waals surface area contributed by atoms with Gasteiger partial charge in [0.15, 0.2) is 5.78 Å².